The van der Waals surface area contributed by atoms with E-state index in [0.717, 1.165) is 6.07 Å². The number of carbonyl (C=O) groups is 2. The number of nitrogens with zero attached hydrogens (tertiary/aromatic N) is 4. The average Bonchev–Trinajstić information content (AvgIpc) is 2.88. The van der Waals surface area contributed by atoms with E-state index >= 15 is 0 Å². The van der Waals surface area contributed by atoms with Crippen molar-refractivity contribution in [3.8, 4) is 5.75 Å². The number of alkyl halides is 3. The Kier molecular flexibility index (Phi) is 7.30. The maximum atomic E-state index is 13.3. The van der Waals surface area contributed by atoms with Gasteiger partial charge < -0.3 is 19.9 Å². The summed E-state index contributed by atoms with van der Waals surface area (Å²) in [7, 11) is 1.47. The van der Waals surface area contributed by atoms with Crippen LogP contribution in [0.5, 0.6) is 5.75 Å². The Morgan fingerprint density at radius 2 is 1.72 bits per heavy atom. The highest BCUT2D eigenvalue weighted by molar-refractivity contribution is 6.31. The molecule has 8 nitrogen and oxygen atoms in total. The van der Waals surface area contributed by atoms with Crippen molar-refractivity contribution in [1.29, 1.82) is 0 Å². The summed E-state index contributed by atoms with van der Waals surface area (Å²) in [5.74, 6) is -0.261. The van der Waals surface area contributed by atoms with Gasteiger partial charge in [-0.05, 0) is 42.5 Å². The van der Waals surface area contributed by atoms with Gasteiger partial charge in [-0.25, -0.2) is 0 Å². The number of halogens is 4. The third-order valence-corrected chi connectivity index (χ3v) is 5.88. The molecule has 36 heavy (non-hydrogen) atoms. The normalized spacial score (nSPS) is 13.9. The zero-order valence-corrected chi connectivity index (χ0v) is 19.8. The summed E-state index contributed by atoms with van der Waals surface area (Å²) in [6, 6.07) is 12.7. The Labute approximate surface area is 209 Å². The molecule has 2 aromatic carbocycles. The smallest absolute Gasteiger partial charge is 0.417 e. The van der Waals surface area contributed by atoms with Crippen molar-refractivity contribution >= 4 is 34.9 Å². The van der Waals surface area contributed by atoms with Gasteiger partial charge >= 0.3 is 6.18 Å². The average molecular weight is 520 g/mol. The molecule has 12 heteroatoms. The third kappa shape index (κ3) is 5.51. The van der Waals surface area contributed by atoms with Gasteiger partial charge in [0.05, 0.1) is 23.9 Å². The minimum absolute atomic E-state index is 0.0679. The highest BCUT2D eigenvalue weighted by atomic mass is 35.5. The summed E-state index contributed by atoms with van der Waals surface area (Å²) < 4.78 is 45.1. The topological polar surface area (TPSA) is 87.7 Å². The molecule has 0 radical (unpaired) electrons. The fourth-order valence-corrected chi connectivity index (χ4v) is 3.98. The molecule has 0 spiro atoms. The molecule has 0 atom stereocenters. The van der Waals surface area contributed by atoms with Crippen LogP contribution in [0, 0.1) is 0 Å². The first-order chi connectivity index (χ1) is 17.2. The fourth-order valence-electron chi connectivity index (χ4n) is 3.81. The van der Waals surface area contributed by atoms with E-state index in [2.05, 4.69) is 15.5 Å². The van der Waals surface area contributed by atoms with E-state index < -0.39 is 23.6 Å². The zero-order chi connectivity index (χ0) is 25.9. The predicted octanol–water partition coefficient (Wildman–Crippen LogP) is 4.37. The second-order valence-electron chi connectivity index (χ2n) is 7.90. The van der Waals surface area contributed by atoms with Crippen LogP contribution in [0.4, 0.5) is 24.7 Å². The molecule has 1 N–H and O–H groups in total. The summed E-state index contributed by atoms with van der Waals surface area (Å²) in [6.07, 6.45) is -4.62. The molecule has 188 valence electrons. The maximum Gasteiger partial charge on any atom is 0.417 e. The Morgan fingerprint density at radius 1 is 1.00 bits per heavy atom. The van der Waals surface area contributed by atoms with Crippen molar-refractivity contribution in [1.82, 2.24) is 15.1 Å². The number of carbonyl (C=O) groups excluding carboxylic acids is 2. The first-order valence-corrected chi connectivity index (χ1v) is 11.2. The summed E-state index contributed by atoms with van der Waals surface area (Å²) in [5, 5.41) is 11.2. The van der Waals surface area contributed by atoms with Gasteiger partial charge in [-0.15, -0.1) is 10.2 Å². The minimum Gasteiger partial charge on any atom is -0.495 e. The van der Waals surface area contributed by atoms with Crippen molar-refractivity contribution in [2.45, 2.75) is 6.18 Å². The Bertz CT molecular complexity index is 1260. The van der Waals surface area contributed by atoms with Crippen LogP contribution in [0.1, 0.15) is 26.4 Å². The summed E-state index contributed by atoms with van der Waals surface area (Å²) in [5.41, 5.74) is -0.871. The molecular formula is C24H21ClF3N5O3. The molecule has 1 fully saturated rings. The number of rotatable bonds is 5. The number of anilines is 2. The molecule has 4 rings (SSSR count). The maximum absolute atomic E-state index is 13.3. The van der Waals surface area contributed by atoms with E-state index in [-0.39, 0.29) is 24.3 Å². The molecule has 0 bridgehead atoms. The number of benzene rings is 2. The SMILES string of the molecule is COc1ccc(Cl)cc1NC(=O)c1ccc(N2CCN(C(=O)c3ccccc3C(F)(F)F)CC2)nn1. The van der Waals surface area contributed by atoms with Crippen LogP contribution in [0.25, 0.3) is 0 Å². The number of hydrogen-bond donors (Lipinski definition) is 1. The van der Waals surface area contributed by atoms with Crippen molar-refractivity contribution in [3.05, 3.63) is 76.4 Å². The van der Waals surface area contributed by atoms with Crippen LogP contribution in [0.15, 0.2) is 54.6 Å². The molecule has 2 heterocycles. The van der Waals surface area contributed by atoms with E-state index in [0.29, 0.717) is 35.4 Å². The molecule has 1 aliphatic rings. The lowest BCUT2D eigenvalue weighted by molar-refractivity contribution is -0.138. The summed E-state index contributed by atoms with van der Waals surface area (Å²) in [6.45, 7) is 1.12. The first-order valence-electron chi connectivity index (χ1n) is 10.9. The molecule has 1 saturated heterocycles. The van der Waals surface area contributed by atoms with Crippen molar-refractivity contribution < 1.29 is 27.5 Å². The molecule has 0 unspecified atom stereocenters. The first kappa shape index (κ1) is 25.2. The van der Waals surface area contributed by atoms with E-state index in [1.807, 2.05) is 4.90 Å². The molecule has 0 aliphatic carbocycles. The Balaban J connectivity index is 1.39. The third-order valence-electron chi connectivity index (χ3n) is 5.65. The van der Waals surface area contributed by atoms with E-state index in [4.69, 9.17) is 16.3 Å². The van der Waals surface area contributed by atoms with Crippen LogP contribution in [-0.4, -0.2) is 60.2 Å². The quantitative estimate of drug-likeness (QED) is 0.538. The second-order valence-corrected chi connectivity index (χ2v) is 8.33. The number of ether oxygens (including phenoxy) is 1. The van der Waals surface area contributed by atoms with Crippen LogP contribution in [0.3, 0.4) is 0 Å². The monoisotopic (exact) mass is 519 g/mol. The van der Waals surface area contributed by atoms with Gasteiger partial charge in [0.2, 0.25) is 0 Å². The number of piperazine rings is 1. The molecule has 1 aromatic heterocycles. The van der Waals surface area contributed by atoms with Crippen LogP contribution in [0.2, 0.25) is 5.02 Å². The number of methoxy groups -OCH3 is 1. The Hall–Kier alpha value is -3.86. The second kappa shape index (κ2) is 10.4. The van der Waals surface area contributed by atoms with E-state index in [1.165, 1.54) is 36.3 Å². The molecule has 0 saturated carbocycles. The molecular weight excluding hydrogens is 499 g/mol. The molecule has 3 aromatic rings. The highest BCUT2D eigenvalue weighted by Crippen LogP contribution is 2.32. The highest BCUT2D eigenvalue weighted by Gasteiger charge is 2.36. The number of amides is 2. The van der Waals surface area contributed by atoms with Gasteiger partial charge in [0.15, 0.2) is 11.5 Å². The van der Waals surface area contributed by atoms with Crippen LogP contribution >= 0.6 is 11.6 Å². The number of aromatic nitrogens is 2. The van der Waals surface area contributed by atoms with Gasteiger partial charge in [-0.2, -0.15) is 13.2 Å². The number of nitrogens with one attached hydrogen (secondary N) is 1. The summed E-state index contributed by atoms with van der Waals surface area (Å²) >= 11 is 5.99. The van der Waals surface area contributed by atoms with E-state index in [1.54, 1.807) is 24.3 Å². The van der Waals surface area contributed by atoms with Gasteiger partial charge in [-0.3, -0.25) is 9.59 Å². The zero-order valence-electron chi connectivity index (χ0n) is 19.1. The number of hydrogen-bond acceptors (Lipinski definition) is 6. The summed E-state index contributed by atoms with van der Waals surface area (Å²) in [4.78, 5) is 28.6. The van der Waals surface area contributed by atoms with Gasteiger partial charge in [0.25, 0.3) is 11.8 Å². The molecule has 1 aliphatic heterocycles. The fraction of sp³-hybridized carbons (Fsp3) is 0.250. The van der Waals surface area contributed by atoms with Crippen molar-refractivity contribution in [3.63, 3.8) is 0 Å². The predicted molar refractivity (Wildman–Crippen MR) is 128 cm³/mol. The lowest BCUT2D eigenvalue weighted by atomic mass is 10.1. The van der Waals surface area contributed by atoms with Gasteiger partial charge in [0, 0.05) is 31.2 Å². The van der Waals surface area contributed by atoms with Crippen LogP contribution in [-0.2, 0) is 6.18 Å². The van der Waals surface area contributed by atoms with Gasteiger partial charge in [-0.1, -0.05) is 23.7 Å². The van der Waals surface area contributed by atoms with Gasteiger partial charge in [0.1, 0.15) is 5.75 Å². The van der Waals surface area contributed by atoms with E-state index in [9.17, 15) is 22.8 Å². The lowest BCUT2D eigenvalue weighted by Crippen LogP contribution is -2.49. The standard InChI is InChI=1S/C24H21ClF3N5O3/c1-36-20-8-6-15(25)14-19(20)29-22(34)18-7-9-21(31-30-18)32-10-12-33(13-11-32)23(35)16-4-2-3-5-17(16)24(26,27)28/h2-9,14H,10-13H2,1H3,(H,29,34). The lowest BCUT2D eigenvalue weighted by Gasteiger charge is -2.35. The van der Waals surface area contributed by atoms with Crippen molar-refractivity contribution in [2.24, 2.45) is 0 Å². The molecule has 2 amide bonds. The van der Waals surface area contributed by atoms with Crippen LogP contribution < -0.4 is 15.0 Å². The minimum atomic E-state index is -4.62. The Morgan fingerprint density at radius 3 is 2.36 bits per heavy atom. The van der Waals surface area contributed by atoms with Crippen molar-refractivity contribution in [2.75, 3.05) is 43.5 Å². The largest absolute Gasteiger partial charge is 0.495 e.